The summed E-state index contributed by atoms with van der Waals surface area (Å²) in [7, 11) is 0. The Kier molecular flexibility index (Phi) is 11.2. The molecule has 0 unspecified atom stereocenters. The van der Waals surface area contributed by atoms with Crippen LogP contribution in [0, 0.1) is 56.7 Å². The van der Waals surface area contributed by atoms with E-state index < -0.39 is 74.6 Å². The Morgan fingerprint density at radius 2 is 1.30 bits per heavy atom. The first-order valence-electron chi connectivity index (χ1n) is 21.2. The third kappa shape index (κ3) is 6.06. The maximum Gasteiger partial charge on any atom is 0.187 e. The van der Waals surface area contributed by atoms with Crippen LogP contribution >= 0.6 is 0 Å². The topological polar surface area (TPSA) is 179 Å². The Morgan fingerprint density at radius 1 is 0.685 bits per heavy atom. The molecule has 2 spiro atoms. The van der Waals surface area contributed by atoms with Gasteiger partial charge in [0.1, 0.15) is 48.8 Å². The molecule has 310 valence electrons. The molecule has 19 atom stereocenters. The fourth-order valence-electron chi connectivity index (χ4n) is 14.3. The van der Waals surface area contributed by atoms with Crippen molar-refractivity contribution in [2.75, 3.05) is 13.2 Å². The lowest BCUT2D eigenvalue weighted by Crippen LogP contribution is -2.65. The lowest BCUT2D eigenvalue weighted by molar-refractivity contribution is -0.367. The summed E-state index contributed by atoms with van der Waals surface area (Å²) < 4.78 is 24.0. The Morgan fingerprint density at radius 3 is 1.96 bits per heavy atom. The number of hydrogen-bond acceptors (Lipinski definition) is 11. The summed E-state index contributed by atoms with van der Waals surface area (Å²) >= 11 is 0. The molecule has 2 heterocycles. The highest BCUT2D eigenvalue weighted by atomic mass is 16.7. The van der Waals surface area contributed by atoms with Gasteiger partial charge < -0.3 is 54.7 Å². The maximum atomic E-state index is 11.3. The molecule has 11 heteroatoms. The minimum absolute atomic E-state index is 0.216. The number of allylic oxidation sites excluding steroid dienone is 1. The van der Waals surface area contributed by atoms with E-state index in [0.717, 1.165) is 37.5 Å². The highest BCUT2D eigenvalue weighted by Crippen LogP contribution is 2.89. The van der Waals surface area contributed by atoms with Gasteiger partial charge in [0.05, 0.1) is 19.3 Å². The number of fused-ring (bicyclic) bond motifs is 2. The molecule has 5 saturated carbocycles. The van der Waals surface area contributed by atoms with E-state index in [9.17, 15) is 35.7 Å². The molecular weight excluding hydrogens is 692 g/mol. The molecule has 0 radical (unpaired) electrons. The average molecular weight is 765 g/mol. The monoisotopic (exact) mass is 765 g/mol. The zero-order valence-corrected chi connectivity index (χ0v) is 33.9. The zero-order valence-electron chi connectivity index (χ0n) is 33.9. The van der Waals surface area contributed by atoms with Crippen molar-refractivity contribution in [1.82, 2.24) is 0 Å². The van der Waals surface area contributed by atoms with Crippen LogP contribution in [-0.4, -0.2) is 116 Å². The van der Waals surface area contributed by atoms with Crippen LogP contribution in [0.3, 0.4) is 0 Å². The van der Waals surface area contributed by atoms with Crippen molar-refractivity contribution < 1.29 is 54.7 Å². The van der Waals surface area contributed by atoms with Gasteiger partial charge in [-0.3, -0.25) is 0 Å². The van der Waals surface area contributed by atoms with Crippen molar-refractivity contribution in [2.24, 2.45) is 56.7 Å². The number of aliphatic hydroxyl groups excluding tert-OH is 7. The number of rotatable bonds is 11. The summed E-state index contributed by atoms with van der Waals surface area (Å²) in [6.07, 6.45) is -1.57. The first-order valence-corrected chi connectivity index (χ1v) is 21.2. The molecule has 0 aromatic carbocycles. The standard InChI is InChI=1S/C43H72O11/c1-22(2)23(3)9-10-24(4)25-13-15-41(8)29-12-11-28-39(5,6)30(14-16-42(28)21-43(29,42)18-17-40(25,41)7)53-37-35(50)33(48)36(27(20-45)52-37)54-38-34(49)32(47)31(46)26(19-44)51-38/h22,24-38,44-50H,3,9-21H2,1-2,4-8H3/t24-,25-,26-,27-,28-,29+,30+,31-,32+,33-,34-,35-,36-,37+,38+,40-,41+,42-,43+/m1/s1. The SMILES string of the molecule is C=C(CC[C@@H](C)[C@H]1CC[C@@]2(C)[C@@H]3CC[C@@H]4C(C)(C)[C@@H](O[C@@H]5O[C@H](CO)[C@@H](O[C@@H]6O[C@H](CO)[C@@H](O)[C@H](O)[C@H]6O)[C@H](O)[C@H]5O)CC[C@@]45C[C@@]35CC[C@]12C)C(C)C. The first kappa shape index (κ1) is 41.5. The van der Waals surface area contributed by atoms with Crippen molar-refractivity contribution in [1.29, 1.82) is 0 Å². The molecular formula is C43H72O11. The molecule has 54 heavy (non-hydrogen) atoms. The van der Waals surface area contributed by atoms with Gasteiger partial charge in [-0.1, -0.05) is 60.6 Å². The molecule has 7 aliphatic rings. The normalized spacial score (nSPS) is 52.9. The smallest absolute Gasteiger partial charge is 0.187 e. The molecule has 0 bridgehead atoms. The molecule has 0 aromatic rings. The van der Waals surface area contributed by atoms with Crippen LogP contribution in [0.2, 0.25) is 0 Å². The Bertz CT molecular complexity index is 1370. The van der Waals surface area contributed by atoms with Crippen LogP contribution in [0.25, 0.3) is 0 Å². The van der Waals surface area contributed by atoms with Crippen LogP contribution in [-0.2, 0) is 18.9 Å². The van der Waals surface area contributed by atoms with E-state index in [4.69, 9.17) is 18.9 Å². The number of ether oxygens (including phenoxy) is 4. The van der Waals surface area contributed by atoms with E-state index in [1.165, 1.54) is 50.5 Å². The third-order valence-corrected chi connectivity index (χ3v) is 17.8. The van der Waals surface area contributed by atoms with Gasteiger partial charge in [0.15, 0.2) is 12.6 Å². The summed E-state index contributed by atoms with van der Waals surface area (Å²) in [5.74, 6) is 3.21. The van der Waals surface area contributed by atoms with Crippen molar-refractivity contribution >= 4 is 0 Å². The average Bonchev–Trinajstić information content (AvgIpc) is 3.72. The molecule has 0 aromatic heterocycles. The van der Waals surface area contributed by atoms with Gasteiger partial charge >= 0.3 is 0 Å². The summed E-state index contributed by atoms with van der Waals surface area (Å²) in [5, 5.41) is 73.4. The van der Waals surface area contributed by atoms with Crippen LogP contribution < -0.4 is 0 Å². The van der Waals surface area contributed by atoms with Crippen molar-refractivity contribution in [3.05, 3.63) is 12.2 Å². The third-order valence-electron chi connectivity index (χ3n) is 17.8. The summed E-state index contributed by atoms with van der Waals surface area (Å²) in [6.45, 7) is 20.1. The molecule has 5 aliphatic carbocycles. The maximum absolute atomic E-state index is 11.3. The highest BCUT2D eigenvalue weighted by Gasteiger charge is 2.82. The van der Waals surface area contributed by atoms with E-state index in [2.05, 4.69) is 55.0 Å². The molecule has 7 rings (SSSR count). The zero-order chi connectivity index (χ0) is 39.3. The van der Waals surface area contributed by atoms with Crippen LogP contribution in [0.5, 0.6) is 0 Å². The van der Waals surface area contributed by atoms with Crippen LogP contribution in [0.15, 0.2) is 12.2 Å². The summed E-state index contributed by atoms with van der Waals surface area (Å²) in [5.41, 5.74) is 2.55. The van der Waals surface area contributed by atoms with E-state index in [0.29, 0.717) is 39.4 Å². The molecule has 0 amide bonds. The Balaban J connectivity index is 1.02. The highest BCUT2D eigenvalue weighted by molar-refractivity contribution is 5.30. The van der Waals surface area contributed by atoms with Gasteiger partial charge in [-0.2, -0.15) is 0 Å². The van der Waals surface area contributed by atoms with Crippen molar-refractivity contribution in [3.8, 4) is 0 Å². The Labute approximate surface area is 322 Å². The molecule has 11 nitrogen and oxygen atoms in total. The molecule has 7 fully saturated rings. The second-order valence-electron chi connectivity index (χ2n) is 20.5. The quantitative estimate of drug-likeness (QED) is 0.119. The lowest BCUT2D eigenvalue weighted by atomic mass is 9.41. The van der Waals surface area contributed by atoms with Crippen molar-refractivity contribution in [3.63, 3.8) is 0 Å². The van der Waals surface area contributed by atoms with E-state index in [1.54, 1.807) is 0 Å². The van der Waals surface area contributed by atoms with E-state index in [1.807, 2.05) is 0 Å². The van der Waals surface area contributed by atoms with Gasteiger partial charge in [0.25, 0.3) is 0 Å². The second kappa shape index (κ2) is 14.5. The fraction of sp³-hybridized carbons (Fsp3) is 0.953. The summed E-state index contributed by atoms with van der Waals surface area (Å²) in [6, 6.07) is 0. The molecule has 2 saturated heterocycles. The van der Waals surface area contributed by atoms with E-state index in [-0.39, 0.29) is 11.5 Å². The Hall–Kier alpha value is -0.700. The predicted molar refractivity (Wildman–Crippen MR) is 201 cm³/mol. The minimum atomic E-state index is -1.71. The lowest BCUT2D eigenvalue weighted by Gasteiger charge is -2.63. The van der Waals surface area contributed by atoms with Crippen LogP contribution in [0.4, 0.5) is 0 Å². The largest absolute Gasteiger partial charge is 0.394 e. The van der Waals surface area contributed by atoms with Gasteiger partial charge in [0, 0.05) is 0 Å². The fourth-order valence-corrected chi connectivity index (χ4v) is 14.3. The van der Waals surface area contributed by atoms with Gasteiger partial charge in [-0.25, -0.2) is 0 Å². The second-order valence-corrected chi connectivity index (χ2v) is 20.5. The molecule has 2 aliphatic heterocycles. The van der Waals surface area contributed by atoms with Gasteiger partial charge in [-0.05, 0) is 127 Å². The van der Waals surface area contributed by atoms with Gasteiger partial charge in [0.2, 0.25) is 0 Å². The minimum Gasteiger partial charge on any atom is -0.394 e. The first-order chi connectivity index (χ1) is 25.3. The number of hydrogen-bond donors (Lipinski definition) is 7. The predicted octanol–water partition coefficient (Wildman–Crippen LogP) is 4.06. The van der Waals surface area contributed by atoms with E-state index >= 15 is 0 Å². The van der Waals surface area contributed by atoms with Gasteiger partial charge in [-0.15, -0.1) is 0 Å². The van der Waals surface area contributed by atoms with Crippen molar-refractivity contribution in [2.45, 2.75) is 187 Å². The summed E-state index contributed by atoms with van der Waals surface area (Å²) in [4.78, 5) is 0. The molecule has 7 N–H and O–H groups in total. The number of aliphatic hydroxyl groups is 7. The van der Waals surface area contributed by atoms with Crippen LogP contribution in [0.1, 0.15) is 119 Å².